The Morgan fingerprint density at radius 1 is 0.706 bits per heavy atom. The molecular weight excluding hydrogens is 362 g/mol. The van der Waals surface area contributed by atoms with Gasteiger partial charge < -0.3 is 0 Å². The van der Waals surface area contributed by atoms with Crippen molar-refractivity contribution < 1.29 is 49.2 Å². The molecule has 0 heterocycles. The van der Waals surface area contributed by atoms with Crippen LogP contribution < -0.4 is 9.05 Å². The summed E-state index contributed by atoms with van der Waals surface area (Å²) in [5.74, 6) is 1.05. The van der Waals surface area contributed by atoms with Gasteiger partial charge in [0.1, 0.15) is 0 Å². The molecule has 0 amide bonds. The van der Waals surface area contributed by atoms with E-state index in [1.807, 2.05) is 12.1 Å². The van der Waals surface area contributed by atoms with Crippen LogP contribution in [-0.2, 0) is 4.57 Å². The van der Waals surface area contributed by atoms with E-state index in [2.05, 4.69) is 0 Å². The summed E-state index contributed by atoms with van der Waals surface area (Å²) in [6.07, 6.45) is 0. The topological polar surface area (TPSA) is 35.5 Å². The summed E-state index contributed by atoms with van der Waals surface area (Å²) in [6.45, 7) is 0. The maximum atomic E-state index is 11.5. The largest absolute Gasteiger partial charge is 0.805 e. The van der Waals surface area contributed by atoms with Crippen molar-refractivity contribution in [1.82, 2.24) is 0 Å². The van der Waals surface area contributed by atoms with Gasteiger partial charge in [0.25, 0.3) is 0 Å². The predicted molar refractivity (Wildman–Crippen MR) is 61.7 cm³/mol. The van der Waals surface area contributed by atoms with Crippen LogP contribution in [0.2, 0.25) is 0 Å². The second-order valence-electron chi connectivity index (χ2n) is 3.03. The van der Waals surface area contributed by atoms with Crippen LogP contribution in [0.3, 0.4) is 0 Å². The average molecular weight is 372 g/mol. The second-order valence-corrected chi connectivity index (χ2v) is 3.84. The molecule has 1 radical (unpaired) electrons. The summed E-state index contributed by atoms with van der Waals surface area (Å²) in [5, 5.41) is 0. The first kappa shape index (κ1) is 14.4. The molecule has 0 spiro atoms. The molecule has 2 aromatic carbocycles. The molecule has 0 aromatic heterocycles. The maximum Gasteiger partial charge on any atom is 0.805 e. The van der Waals surface area contributed by atoms with E-state index in [4.69, 9.17) is 9.05 Å². The molecule has 0 unspecified atom stereocenters. The third-order valence-electron chi connectivity index (χ3n) is 1.85. The van der Waals surface area contributed by atoms with Gasteiger partial charge in [-0.25, -0.2) is 9.05 Å². The standard InChI is InChI=1S/C12H10O3P.La/c13-16(14-11-7-3-1-4-8-11)15-12-9-5-2-6-10-12;/h1-10H;/q+1;. The fourth-order valence-electron chi connectivity index (χ4n) is 1.15. The van der Waals surface area contributed by atoms with Crippen LogP contribution in [0.15, 0.2) is 60.7 Å². The van der Waals surface area contributed by atoms with Crippen LogP contribution in [0.1, 0.15) is 0 Å². The molecule has 0 aliphatic heterocycles. The zero-order valence-electron chi connectivity index (χ0n) is 9.02. The van der Waals surface area contributed by atoms with E-state index in [1.165, 1.54) is 0 Å². The second kappa shape index (κ2) is 7.62. The van der Waals surface area contributed by atoms with Crippen LogP contribution in [-0.4, -0.2) is 0 Å². The number of benzene rings is 2. The van der Waals surface area contributed by atoms with Crippen molar-refractivity contribution in [1.29, 1.82) is 0 Å². The van der Waals surface area contributed by atoms with E-state index < -0.39 is 8.25 Å². The van der Waals surface area contributed by atoms with Crippen molar-refractivity contribution in [2.24, 2.45) is 0 Å². The normalized spacial score (nSPS) is 8.94. The smallest absolute Gasteiger partial charge is 0.222 e. The minimum atomic E-state index is -2.18. The van der Waals surface area contributed by atoms with Crippen molar-refractivity contribution >= 4 is 8.25 Å². The van der Waals surface area contributed by atoms with Gasteiger partial charge in [0.05, 0.1) is 0 Å². The Bertz CT molecular complexity index is 418. The minimum absolute atomic E-state index is 0. The van der Waals surface area contributed by atoms with Gasteiger partial charge in [-0.15, -0.1) is 0 Å². The average Bonchev–Trinajstić information content (AvgIpc) is 2.31. The Balaban J connectivity index is 0.00000144. The van der Waals surface area contributed by atoms with Gasteiger partial charge in [0.15, 0.2) is 11.5 Å². The summed E-state index contributed by atoms with van der Waals surface area (Å²) < 4.78 is 21.7. The molecule has 2 aromatic rings. The van der Waals surface area contributed by atoms with Gasteiger partial charge in [-0.1, -0.05) is 36.4 Å². The number of hydrogen-bond acceptors (Lipinski definition) is 3. The maximum absolute atomic E-state index is 11.5. The number of para-hydroxylation sites is 2. The fourth-order valence-corrected chi connectivity index (χ4v) is 1.78. The van der Waals surface area contributed by atoms with Crippen molar-refractivity contribution in [3.63, 3.8) is 0 Å². The summed E-state index contributed by atoms with van der Waals surface area (Å²) in [6, 6.07) is 17.8. The molecule has 0 fully saturated rings. The molecule has 0 bridgehead atoms. The van der Waals surface area contributed by atoms with Crippen molar-refractivity contribution in [3.05, 3.63) is 60.7 Å². The first-order chi connectivity index (χ1) is 7.84. The van der Waals surface area contributed by atoms with Crippen LogP contribution in [0.5, 0.6) is 11.5 Å². The monoisotopic (exact) mass is 372 g/mol. The summed E-state index contributed by atoms with van der Waals surface area (Å²) >= 11 is 0. The summed E-state index contributed by atoms with van der Waals surface area (Å²) in [5.41, 5.74) is 0. The molecule has 0 N–H and O–H groups in total. The molecule has 17 heavy (non-hydrogen) atoms. The number of rotatable bonds is 4. The minimum Gasteiger partial charge on any atom is -0.222 e. The third kappa shape index (κ3) is 5.01. The van der Waals surface area contributed by atoms with E-state index in [0.717, 1.165) is 0 Å². The molecule has 3 nitrogen and oxygen atoms in total. The van der Waals surface area contributed by atoms with Gasteiger partial charge >= 0.3 is 8.25 Å². The van der Waals surface area contributed by atoms with E-state index >= 15 is 0 Å². The molecule has 5 heteroatoms. The zero-order chi connectivity index (χ0) is 11.2. The first-order valence-electron chi connectivity index (χ1n) is 4.78. The van der Waals surface area contributed by atoms with Crippen molar-refractivity contribution in [3.8, 4) is 11.5 Å². The molecule has 83 valence electrons. The zero-order valence-corrected chi connectivity index (χ0v) is 13.5. The van der Waals surface area contributed by atoms with Crippen LogP contribution >= 0.6 is 8.25 Å². The quantitative estimate of drug-likeness (QED) is 0.766. The van der Waals surface area contributed by atoms with E-state index in [9.17, 15) is 4.57 Å². The fraction of sp³-hybridized carbons (Fsp3) is 0. The SMILES string of the molecule is O=[P+](Oc1ccccc1)Oc1ccccc1.[La]. The van der Waals surface area contributed by atoms with Gasteiger partial charge in [-0.3, -0.25) is 0 Å². The Labute approximate surface area is 129 Å². The molecule has 0 aliphatic carbocycles. The Hall–Kier alpha value is -0.665. The molecule has 0 saturated heterocycles. The van der Waals surface area contributed by atoms with Crippen LogP contribution in [0, 0.1) is 35.6 Å². The van der Waals surface area contributed by atoms with Gasteiger partial charge in [-0.05, 0) is 24.3 Å². The molecule has 0 aliphatic rings. The van der Waals surface area contributed by atoms with Gasteiger partial charge in [0.2, 0.25) is 0 Å². The molecule has 2 rings (SSSR count). The Morgan fingerprint density at radius 3 is 1.41 bits per heavy atom. The first-order valence-corrected chi connectivity index (χ1v) is 5.87. The van der Waals surface area contributed by atoms with Crippen molar-refractivity contribution in [2.45, 2.75) is 0 Å². The molecule has 0 atom stereocenters. The van der Waals surface area contributed by atoms with E-state index in [1.54, 1.807) is 48.5 Å². The summed E-state index contributed by atoms with van der Waals surface area (Å²) in [4.78, 5) is 0. The van der Waals surface area contributed by atoms with Crippen LogP contribution in [0.4, 0.5) is 0 Å². The van der Waals surface area contributed by atoms with Crippen LogP contribution in [0.25, 0.3) is 0 Å². The van der Waals surface area contributed by atoms with Gasteiger partial charge in [-0.2, -0.15) is 0 Å². The van der Waals surface area contributed by atoms with E-state index in [-0.39, 0.29) is 35.6 Å². The van der Waals surface area contributed by atoms with Gasteiger partial charge in [0, 0.05) is 40.2 Å². The van der Waals surface area contributed by atoms with E-state index in [0.29, 0.717) is 11.5 Å². The van der Waals surface area contributed by atoms with Crippen molar-refractivity contribution in [2.75, 3.05) is 0 Å². The molecular formula is C12H10LaO3P+. The Kier molecular flexibility index (Phi) is 6.45. The Morgan fingerprint density at radius 2 is 1.06 bits per heavy atom. The molecule has 0 saturated carbocycles. The third-order valence-corrected chi connectivity index (χ3v) is 2.57. The summed E-state index contributed by atoms with van der Waals surface area (Å²) in [7, 11) is -2.18. The number of hydrogen-bond donors (Lipinski definition) is 0. The predicted octanol–water partition coefficient (Wildman–Crippen LogP) is 3.80.